The van der Waals surface area contributed by atoms with Crippen LogP contribution in [0.3, 0.4) is 0 Å². The maximum atomic E-state index is 5.34. The van der Waals surface area contributed by atoms with E-state index in [1.807, 2.05) is 0 Å². The highest BCUT2D eigenvalue weighted by molar-refractivity contribution is 5.99. The van der Waals surface area contributed by atoms with Crippen molar-refractivity contribution in [2.24, 2.45) is 5.41 Å². The second-order valence-electron chi connectivity index (χ2n) is 10.8. The Morgan fingerprint density at radius 2 is 1.76 bits per heavy atom. The number of imidazole rings is 1. The fraction of sp³-hybridized carbons (Fsp3) is 0.462. The molecule has 2 aromatic carbocycles. The van der Waals surface area contributed by atoms with E-state index in [2.05, 4.69) is 55.5 Å². The van der Waals surface area contributed by atoms with Gasteiger partial charge >= 0.3 is 0 Å². The first kappa shape index (κ1) is 15.4. The monoisotopic (exact) mass is 379 g/mol. The molecule has 0 saturated heterocycles. The van der Waals surface area contributed by atoms with Gasteiger partial charge in [-0.05, 0) is 83.7 Å². The summed E-state index contributed by atoms with van der Waals surface area (Å²) < 4.78 is 2.49. The van der Waals surface area contributed by atoms with E-state index in [9.17, 15) is 0 Å². The summed E-state index contributed by atoms with van der Waals surface area (Å²) in [6, 6.07) is 11.0. The molecule has 4 aromatic rings. The number of aromatic nitrogens is 3. The zero-order valence-corrected chi connectivity index (χ0v) is 17.3. The van der Waals surface area contributed by atoms with E-state index in [4.69, 9.17) is 9.97 Å². The van der Waals surface area contributed by atoms with Crippen molar-refractivity contribution in [3.05, 3.63) is 52.8 Å². The van der Waals surface area contributed by atoms with Gasteiger partial charge in [-0.15, -0.1) is 0 Å². The van der Waals surface area contributed by atoms with Crippen molar-refractivity contribution < 1.29 is 0 Å². The summed E-state index contributed by atoms with van der Waals surface area (Å²) in [5.74, 6) is 3.46. The van der Waals surface area contributed by atoms with Gasteiger partial charge in [-0.3, -0.25) is 4.40 Å². The minimum atomic E-state index is 0.0578. The highest BCUT2D eigenvalue weighted by atomic mass is 15.1. The van der Waals surface area contributed by atoms with Crippen LogP contribution in [0.15, 0.2) is 30.3 Å². The number of hydrogen-bond acceptors (Lipinski definition) is 2. The summed E-state index contributed by atoms with van der Waals surface area (Å²) in [4.78, 5) is 10.6. The summed E-state index contributed by atoms with van der Waals surface area (Å²) in [6.45, 7) is 7.49. The van der Waals surface area contributed by atoms with E-state index in [0.717, 1.165) is 23.0 Å². The lowest BCUT2D eigenvalue weighted by atomic mass is 9.53. The van der Waals surface area contributed by atoms with Gasteiger partial charge in [0.2, 0.25) is 0 Å². The van der Waals surface area contributed by atoms with Crippen molar-refractivity contribution in [2.45, 2.75) is 69.6 Å². The molecule has 3 aliphatic carbocycles. The van der Waals surface area contributed by atoms with Gasteiger partial charge in [-0.1, -0.05) is 32.9 Å². The fourth-order valence-electron chi connectivity index (χ4n) is 7.59. The normalized spacial score (nSPS) is 32.9. The molecule has 2 unspecified atom stereocenters. The van der Waals surface area contributed by atoms with Gasteiger partial charge < -0.3 is 0 Å². The van der Waals surface area contributed by atoms with E-state index in [1.165, 1.54) is 47.9 Å². The predicted octanol–water partition coefficient (Wildman–Crippen LogP) is 6.19. The highest BCUT2D eigenvalue weighted by Crippen LogP contribution is 2.68. The van der Waals surface area contributed by atoms with Gasteiger partial charge in [0.1, 0.15) is 11.5 Å². The molecule has 144 valence electrons. The summed E-state index contributed by atoms with van der Waals surface area (Å²) in [5.41, 5.74) is 10.0. The quantitative estimate of drug-likeness (QED) is 0.365. The molecule has 4 aliphatic rings. The Labute approximate surface area is 170 Å². The molecule has 2 fully saturated rings. The molecular weight excluding hydrogens is 354 g/mol. The van der Waals surface area contributed by atoms with E-state index >= 15 is 0 Å². The maximum absolute atomic E-state index is 5.34. The maximum Gasteiger partial charge on any atom is 0.148 e. The van der Waals surface area contributed by atoms with Crippen molar-refractivity contribution in [3.8, 4) is 0 Å². The topological polar surface area (TPSA) is 30.2 Å². The molecule has 4 atom stereocenters. The molecule has 3 heteroatoms. The van der Waals surface area contributed by atoms with E-state index in [-0.39, 0.29) is 10.8 Å². The van der Waals surface area contributed by atoms with E-state index < -0.39 is 0 Å². The Morgan fingerprint density at radius 1 is 0.931 bits per heavy atom. The van der Waals surface area contributed by atoms with Crippen molar-refractivity contribution in [1.82, 2.24) is 14.4 Å². The number of rotatable bonds is 0. The Balaban J connectivity index is 1.68. The zero-order chi connectivity index (χ0) is 19.3. The van der Waals surface area contributed by atoms with Crippen molar-refractivity contribution in [3.63, 3.8) is 0 Å². The van der Waals surface area contributed by atoms with Crippen LogP contribution in [0.4, 0.5) is 0 Å². The van der Waals surface area contributed by atoms with Gasteiger partial charge in [0.05, 0.1) is 16.6 Å². The summed E-state index contributed by atoms with van der Waals surface area (Å²) in [5, 5.41) is 1.18. The number of para-hydroxylation sites is 1. The zero-order valence-electron chi connectivity index (χ0n) is 17.3. The van der Waals surface area contributed by atoms with E-state index in [0.29, 0.717) is 5.92 Å². The second kappa shape index (κ2) is 4.35. The molecule has 8 rings (SSSR count). The molecule has 2 aromatic heterocycles. The standard InChI is InChI=1S/C26H25N3/c1-25(2)17-10-11-26(25,3)24-28-18-7-5-4-6-15(18)23-27-19-12-16-13-8-9-14(13)20(16)21(17)22(19)29(23)24/h4-7,12-14,17H,8-11H2,1-3H3/t13?,14-,17?,26-/m0/s1. The SMILES string of the molecule is CC1(C)C2CC[C@@]1(C)c1nc3ccccc3c3nc4cc5c(c2c4n13)[C@H]1CCC51. The van der Waals surface area contributed by atoms with Gasteiger partial charge in [-0.25, -0.2) is 9.97 Å². The lowest BCUT2D eigenvalue weighted by Crippen LogP contribution is -2.39. The average Bonchev–Trinajstić information content (AvgIpc) is 3.15. The minimum Gasteiger partial charge on any atom is -0.279 e. The smallest absolute Gasteiger partial charge is 0.148 e. The Hall–Kier alpha value is -2.42. The Morgan fingerprint density at radius 3 is 2.59 bits per heavy atom. The molecule has 29 heavy (non-hydrogen) atoms. The van der Waals surface area contributed by atoms with Crippen LogP contribution >= 0.6 is 0 Å². The molecule has 2 bridgehead atoms. The van der Waals surface area contributed by atoms with Crippen LogP contribution < -0.4 is 0 Å². The van der Waals surface area contributed by atoms with Gasteiger partial charge in [0, 0.05) is 10.8 Å². The summed E-state index contributed by atoms with van der Waals surface area (Å²) >= 11 is 0. The highest BCUT2D eigenvalue weighted by Gasteiger charge is 2.59. The van der Waals surface area contributed by atoms with Crippen LogP contribution in [0.5, 0.6) is 0 Å². The Bertz CT molecular complexity index is 1420. The van der Waals surface area contributed by atoms with Crippen LogP contribution in [-0.4, -0.2) is 14.4 Å². The molecule has 3 heterocycles. The molecule has 0 N–H and O–H groups in total. The first-order chi connectivity index (χ1) is 14.0. The van der Waals surface area contributed by atoms with Gasteiger partial charge in [-0.2, -0.15) is 0 Å². The van der Waals surface area contributed by atoms with E-state index in [1.54, 1.807) is 16.7 Å². The summed E-state index contributed by atoms with van der Waals surface area (Å²) in [6.07, 6.45) is 5.23. The third-order valence-electron chi connectivity index (χ3n) is 9.75. The third-order valence-corrected chi connectivity index (χ3v) is 9.75. The van der Waals surface area contributed by atoms with Crippen LogP contribution in [0.2, 0.25) is 0 Å². The third kappa shape index (κ3) is 1.41. The largest absolute Gasteiger partial charge is 0.279 e. The number of nitrogens with zero attached hydrogens (tertiary/aromatic N) is 3. The first-order valence-electron chi connectivity index (χ1n) is 11.3. The molecule has 0 radical (unpaired) electrons. The lowest BCUT2D eigenvalue weighted by molar-refractivity contribution is 0.190. The molecule has 0 spiro atoms. The van der Waals surface area contributed by atoms with Crippen molar-refractivity contribution >= 4 is 27.6 Å². The lowest BCUT2D eigenvalue weighted by Gasteiger charge is -2.51. The second-order valence-corrected chi connectivity index (χ2v) is 10.8. The number of benzene rings is 2. The molecular formula is C26H25N3. The Kier molecular flexibility index (Phi) is 2.32. The van der Waals surface area contributed by atoms with Crippen molar-refractivity contribution in [2.75, 3.05) is 0 Å². The molecule has 0 amide bonds. The summed E-state index contributed by atoms with van der Waals surface area (Å²) in [7, 11) is 0. The van der Waals surface area contributed by atoms with Gasteiger partial charge in [0.25, 0.3) is 0 Å². The molecule has 2 saturated carbocycles. The fourth-order valence-corrected chi connectivity index (χ4v) is 7.59. The average molecular weight is 380 g/mol. The number of fused-ring (bicyclic) bond motifs is 11. The van der Waals surface area contributed by atoms with Crippen LogP contribution in [-0.2, 0) is 5.41 Å². The number of hydrogen-bond donors (Lipinski definition) is 0. The minimum absolute atomic E-state index is 0.0578. The first-order valence-corrected chi connectivity index (χ1v) is 11.3. The van der Waals surface area contributed by atoms with Crippen molar-refractivity contribution in [1.29, 1.82) is 0 Å². The molecule has 3 nitrogen and oxygen atoms in total. The van der Waals surface area contributed by atoms with Crippen LogP contribution in [0, 0.1) is 5.41 Å². The predicted molar refractivity (Wildman–Crippen MR) is 116 cm³/mol. The molecule has 1 aliphatic heterocycles. The van der Waals surface area contributed by atoms with Gasteiger partial charge in [0.15, 0.2) is 0 Å². The van der Waals surface area contributed by atoms with Crippen LogP contribution in [0.25, 0.3) is 27.6 Å². The van der Waals surface area contributed by atoms with Crippen LogP contribution in [0.1, 0.15) is 86.7 Å².